The Labute approximate surface area is 104 Å². The van der Waals surface area contributed by atoms with E-state index in [4.69, 9.17) is 16.0 Å². The summed E-state index contributed by atoms with van der Waals surface area (Å²) in [5, 5.41) is 3.84. The highest BCUT2D eigenvalue weighted by molar-refractivity contribution is 7.98. The van der Waals surface area contributed by atoms with Crippen LogP contribution >= 0.6 is 11.8 Å². The van der Waals surface area contributed by atoms with Gasteiger partial charge in [-0.2, -0.15) is 4.98 Å². The van der Waals surface area contributed by atoms with Crippen molar-refractivity contribution in [3.63, 3.8) is 0 Å². The van der Waals surface area contributed by atoms with Gasteiger partial charge in [0.2, 0.25) is 5.89 Å². The van der Waals surface area contributed by atoms with Crippen molar-refractivity contribution in [1.29, 1.82) is 0 Å². The third kappa shape index (κ3) is 2.78. The number of aromatic nitrogens is 2. The molecule has 90 valence electrons. The Kier molecular flexibility index (Phi) is 3.65. The van der Waals surface area contributed by atoms with Crippen LogP contribution in [0.2, 0.25) is 0 Å². The zero-order chi connectivity index (χ0) is 12.3. The molecule has 2 aromatic rings. The number of nitrogens with two attached hydrogens (primary N) is 2. The molecule has 5 nitrogen and oxygen atoms in total. The molecule has 1 heterocycles. The molecule has 0 aliphatic carbocycles. The second-order valence-electron chi connectivity index (χ2n) is 3.57. The minimum atomic E-state index is 0.273. The molecule has 1 aromatic heterocycles. The molecule has 2 rings (SSSR count). The van der Waals surface area contributed by atoms with E-state index in [1.54, 1.807) is 11.8 Å². The van der Waals surface area contributed by atoms with Crippen LogP contribution in [0.5, 0.6) is 0 Å². The van der Waals surface area contributed by atoms with Crippen molar-refractivity contribution in [2.75, 3.05) is 5.73 Å². The Balaban J connectivity index is 2.04. The first-order valence-electron chi connectivity index (χ1n) is 5.20. The van der Waals surface area contributed by atoms with Crippen LogP contribution in [-0.4, -0.2) is 10.1 Å². The number of anilines is 1. The summed E-state index contributed by atoms with van der Waals surface area (Å²) in [6, 6.07) is 5.85. The van der Waals surface area contributed by atoms with Gasteiger partial charge >= 0.3 is 0 Å². The normalized spacial score (nSPS) is 10.7. The van der Waals surface area contributed by atoms with Crippen LogP contribution in [0.15, 0.2) is 27.6 Å². The van der Waals surface area contributed by atoms with Gasteiger partial charge in [-0.1, -0.05) is 11.2 Å². The summed E-state index contributed by atoms with van der Waals surface area (Å²) >= 11 is 1.63. The summed E-state index contributed by atoms with van der Waals surface area (Å²) in [7, 11) is 0. The number of thioether (sulfide) groups is 1. The van der Waals surface area contributed by atoms with Crippen LogP contribution in [0.25, 0.3) is 0 Å². The fraction of sp³-hybridized carbons (Fsp3) is 0.273. The van der Waals surface area contributed by atoms with Crippen LogP contribution in [0.4, 0.5) is 5.69 Å². The Bertz CT molecular complexity index is 512. The van der Waals surface area contributed by atoms with E-state index in [0.29, 0.717) is 17.5 Å². The first-order chi connectivity index (χ1) is 8.20. The van der Waals surface area contributed by atoms with Crippen molar-refractivity contribution in [3.8, 4) is 0 Å². The fourth-order valence-corrected chi connectivity index (χ4v) is 2.27. The third-order valence-corrected chi connectivity index (χ3v) is 3.52. The fourth-order valence-electron chi connectivity index (χ4n) is 1.36. The highest BCUT2D eigenvalue weighted by Gasteiger charge is 2.07. The molecule has 0 amide bonds. The number of rotatable bonds is 4. The molecule has 0 aliphatic rings. The van der Waals surface area contributed by atoms with Gasteiger partial charge in [0.1, 0.15) is 0 Å². The Hall–Kier alpha value is -1.53. The number of nitrogens with zero attached hydrogens (tertiary/aromatic N) is 2. The predicted octanol–water partition coefficient (Wildman–Crippen LogP) is 1.71. The maximum atomic E-state index is 5.84. The average Bonchev–Trinajstić information content (AvgIpc) is 2.79. The minimum Gasteiger partial charge on any atom is -0.398 e. The zero-order valence-corrected chi connectivity index (χ0v) is 10.3. The Morgan fingerprint density at radius 1 is 1.41 bits per heavy atom. The first-order valence-corrected chi connectivity index (χ1v) is 6.18. The summed E-state index contributed by atoms with van der Waals surface area (Å²) in [6.45, 7) is 2.27. The standard InChI is InChI=1S/C11H14N4OS/c1-7-8(13)3-2-4-9(7)17-6-10-14-11(5-12)16-15-10/h2-4H,5-6,12-13H2,1H3. The Morgan fingerprint density at radius 3 is 2.94 bits per heavy atom. The molecule has 0 aliphatic heterocycles. The highest BCUT2D eigenvalue weighted by atomic mass is 32.2. The smallest absolute Gasteiger partial charge is 0.240 e. The molecule has 4 N–H and O–H groups in total. The van der Waals surface area contributed by atoms with Gasteiger partial charge < -0.3 is 16.0 Å². The van der Waals surface area contributed by atoms with Gasteiger partial charge in [0.05, 0.1) is 12.3 Å². The van der Waals surface area contributed by atoms with E-state index in [9.17, 15) is 0 Å². The summed E-state index contributed by atoms with van der Waals surface area (Å²) in [5.41, 5.74) is 13.1. The van der Waals surface area contributed by atoms with E-state index in [1.807, 2.05) is 25.1 Å². The van der Waals surface area contributed by atoms with Gasteiger partial charge in [-0.15, -0.1) is 11.8 Å². The summed E-state index contributed by atoms with van der Waals surface area (Å²) < 4.78 is 4.93. The number of nitrogen functional groups attached to an aromatic ring is 1. The molecular formula is C11H14N4OS. The molecule has 6 heteroatoms. The van der Waals surface area contributed by atoms with Crippen molar-refractivity contribution in [2.24, 2.45) is 5.73 Å². The number of benzene rings is 1. The van der Waals surface area contributed by atoms with Crippen LogP contribution in [0, 0.1) is 6.92 Å². The molecule has 0 fully saturated rings. The highest BCUT2D eigenvalue weighted by Crippen LogP contribution is 2.28. The van der Waals surface area contributed by atoms with Gasteiger partial charge in [-0.25, -0.2) is 0 Å². The second kappa shape index (κ2) is 5.20. The Morgan fingerprint density at radius 2 is 2.24 bits per heavy atom. The third-order valence-electron chi connectivity index (χ3n) is 2.37. The predicted molar refractivity (Wildman–Crippen MR) is 67.3 cm³/mol. The second-order valence-corrected chi connectivity index (χ2v) is 4.58. The lowest BCUT2D eigenvalue weighted by molar-refractivity contribution is 0.376. The van der Waals surface area contributed by atoms with E-state index < -0.39 is 0 Å². The maximum Gasteiger partial charge on any atom is 0.240 e. The van der Waals surface area contributed by atoms with E-state index in [2.05, 4.69) is 10.1 Å². The zero-order valence-electron chi connectivity index (χ0n) is 9.51. The van der Waals surface area contributed by atoms with Crippen molar-refractivity contribution < 1.29 is 4.52 Å². The van der Waals surface area contributed by atoms with E-state index in [1.165, 1.54) is 0 Å². The van der Waals surface area contributed by atoms with Gasteiger partial charge in [-0.3, -0.25) is 0 Å². The molecule has 0 bridgehead atoms. The van der Waals surface area contributed by atoms with Crippen LogP contribution in [0.1, 0.15) is 17.3 Å². The van der Waals surface area contributed by atoms with E-state index in [0.717, 1.165) is 16.1 Å². The SMILES string of the molecule is Cc1c(N)cccc1SCc1noc(CN)n1. The molecular weight excluding hydrogens is 236 g/mol. The summed E-state index contributed by atoms with van der Waals surface area (Å²) in [5.74, 6) is 1.76. The molecule has 17 heavy (non-hydrogen) atoms. The van der Waals surface area contributed by atoms with Crippen LogP contribution in [-0.2, 0) is 12.3 Å². The molecule has 0 spiro atoms. The van der Waals surface area contributed by atoms with Gasteiger partial charge in [-0.05, 0) is 24.6 Å². The molecule has 0 saturated heterocycles. The molecule has 0 radical (unpaired) electrons. The van der Waals surface area contributed by atoms with Gasteiger partial charge in [0.15, 0.2) is 5.82 Å². The largest absolute Gasteiger partial charge is 0.398 e. The lowest BCUT2D eigenvalue weighted by atomic mass is 10.2. The van der Waals surface area contributed by atoms with Crippen molar-refractivity contribution >= 4 is 17.4 Å². The number of hydrogen-bond acceptors (Lipinski definition) is 6. The lowest BCUT2D eigenvalue weighted by Crippen LogP contribution is -1.96. The summed E-state index contributed by atoms with van der Waals surface area (Å²) in [6.07, 6.45) is 0. The van der Waals surface area contributed by atoms with Crippen molar-refractivity contribution in [2.45, 2.75) is 24.1 Å². The minimum absolute atomic E-state index is 0.273. The van der Waals surface area contributed by atoms with Crippen LogP contribution in [0.3, 0.4) is 0 Å². The van der Waals surface area contributed by atoms with Gasteiger partial charge in [0, 0.05) is 10.6 Å². The van der Waals surface area contributed by atoms with E-state index in [-0.39, 0.29) is 6.54 Å². The van der Waals surface area contributed by atoms with Gasteiger partial charge in [0.25, 0.3) is 0 Å². The topological polar surface area (TPSA) is 91.0 Å². The molecule has 0 atom stereocenters. The van der Waals surface area contributed by atoms with Crippen molar-refractivity contribution in [1.82, 2.24) is 10.1 Å². The van der Waals surface area contributed by atoms with Crippen LogP contribution < -0.4 is 11.5 Å². The lowest BCUT2D eigenvalue weighted by Gasteiger charge is -2.05. The molecule has 0 unspecified atom stereocenters. The average molecular weight is 250 g/mol. The van der Waals surface area contributed by atoms with Crippen molar-refractivity contribution in [3.05, 3.63) is 35.5 Å². The first kappa shape index (κ1) is 11.9. The van der Waals surface area contributed by atoms with E-state index >= 15 is 0 Å². The maximum absolute atomic E-state index is 5.84. The summed E-state index contributed by atoms with van der Waals surface area (Å²) in [4.78, 5) is 5.27. The number of hydrogen-bond donors (Lipinski definition) is 2. The quantitative estimate of drug-likeness (QED) is 0.634. The monoisotopic (exact) mass is 250 g/mol. The molecule has 1 aromatic carbocycles. The molecule has 0 saturated carbocycles.